The summed E-state index contributed by atoms with van der Waals surface area (Å²) in [6.45, 7) is 3.62. The first-order valence-corrected chi connectivity index (χ1v) is 13.3. The molecule has 0 heterocycles. The highest BCUT2D eigenvalue weighted by atomic mass is 16.4. The van der Waals surface area contributed by atoms with Gasteiger partial charge in [0, 0.05) is 12.8 Å². The van der Waals surface area contributed by atoms with Gasteiger partial charge in [0.1, 0.15) is 23.9 Å². The molecule has 41 heavy (non-hydrogen) atoms. The van der Waals surface area contributed by atoms with E-state index < -0.39 is 53.8 Å². The molecule has 222 valence electrons. The van der Waals surface area contributed by atoms with Crippen molar-refractivity contribution in [3.05, 3.63) is 65.7 Å². The molecule has 0 fully saturated rings. The van der Waals surface area contributed by atoms with E-state index in [0.29, 0.717) is 5.56 Å². The lowest BCUT2D eigenvalue weighted by Crippen LogP contribution is -2.58. The highest BCUT2D eigenvalue weighted by Crippen LogP contribution is 2.13. The van der Waals surface area contributed by atoms with Crippen molar-refractivity contribution in [1.29, 1.82) is 0 Å². The molecule has 4 atom stereocenters. The monoisotopic (exact) mass is 569 g/mol. The van der Waals surface area contributed by atoms with Crippen molar-refractivity contribution < 1.29 is 34.2 Å². The smallest absolute Gasteiger partial charge is 0.326 e. The lowest BCUT2D eigenvalue weighted by Gasteiger charge is -2.25. The Labute approximate surface area is 238 Å². The molecule has 2 aromatic rings. The first-order valence-electron chi connectivity index (χ1n) is 13.3. The first-order chi connectivity index (χ1) is 19.3. The summed E-state index contributed by atoms with van der Waals surface area (Å²) in [6.07, 6.45) is -0.0528. The van der Waals surface area contributed by atoms with E-state index in [0.717, 1.165) is 5.56 Å². The third-order valence-corrected chi connectivity index (χ3v) is 6.28. The molecular formula is C29H39N5O7. The number of amides is 4. The van der Waals surface area contributed by atoms with E-state index in [1.54, 1.807) is 36.4 Å². The molecule has 0 bridgehead atoms. The molecular weight excluding hydrogens is 530 g/mol. The Kier molecular flexibility index (Phi) is 12.8. The fourth-order valence-corrected chi connectivity index (χ4v) is 4.11. The highest BCUT2D eigenvalue weighted by Gasteiger charge is 2.31. The number of benzene rings is 2. The number of hydrogen-bond donors (Lipinski definition) is 7. The van der Waals surface area contributed by atoms with Gasteiger partial charge in [-0.3, -0.25) is 19.2 Å². The van der Waals surface area contributed by atoms with Crippen LogP contribution >= 0.6 is 0 Å². The zero-order valence-electron chi connectivity index (χ0n) is 23.2. The highest BCUT2D eigenvalue weighted by molar-refractivity contribution is 5.94. The van der Waals surface area contributed by atoms with E-state index in [1.807, 2.05) is 19.9 Å². The lowest BCUT2D eigenvalue weighted by molar-refractivity contribution is -0.142. The number of phenols is 1. The van der Waals surface area contributed by atoms with Crippen LogP contribution in [0.15, 0.2) is 54.6 Å². The summed E-state index contributed by atoms with van der Waals surface area (Å²) in [6, 6.07) is 10.3. The number of nitrogens with two attached hydrogens (primary N) is 2. The average molecular weight is 570 g/mol. The molecule has 0 aromatic heterocycles. The van der Waals surface area contributed by atoms with Crippen LogP contribution < -0.4 is 27.4 Å². The van der Waals surface area contributed by atoms with Gasteiger partial charge in [0.2, 0.25) is 23.6 Å². The van der Waals surface area contributed by atoms with Crippen LogP contribution in [0.3, 0.4) is 0 Å². The normalized spacial score (nSPS) is 13.9. The van der Waals surface area contributed by atoms with Crippen molar-refractivity contribution in [3.63, 3.8) is 0 Å². The van der Waals surface area contributed by atoms with Crippen LogP contribution in [0.5, 0.6) is 5.75 Å². The van der Waals surface area contributed by atoms with Gasteiger partial charge in [0.15, 0.2) is 0 Å². The summed E-state index contributed by atoms with van der Waals surface area (Å²) in [5.41, 5.74) is 12.7. The van der Waals surface area contributed by atoms with Crippen molar-refractivity contribution in [3.8, 4) is 5.75 Å². The Morgan fingerprint density at radius 1 is 0.756 bits per heavy atom. The number of nitrogens with one attached hydrogen (secondary N) is 3. The van der Waals surface area contributed by atoms with Gasteiger partial charge in [-0.15, -0.1) is 0 Å². The van der Waals surface area contributed by atoms with Crippen molar-refractivity contribution in [2.45, 2.75) is 70.1 Å². The number of aromatic hydroxyl groups is 1. The third-order valence-electron chi connectivity index (χ3n) is 6.28. The molecule has 4 amide bonds. The Morgan fingerprint density at radius 2 is 1.29 bits per heavy atom. The van der Waals surface area contributed by atoms with E-state index in [4.69, 9.17) is 11.5 Å². The number of hydrogen-bond acceptors (Lipinski definition) is 7. The minimum absolute atomic E-state index is 0.00253. The molecule has 0 spiro atoms. The van der Waals surface area contributed by atoms with Crippen molar-refractivity contribution in [1.82, 2.24) is 16.0 Å². The van der Waals surface area contributed by atoms with E-state index in [-0.39, 0.29) is 43.8 Å². The van der Waals surface area contributed by atoms with Gasteiger partial charge in [0.05, 0.1) is 6.04 Å². The number of phenolic OH excluding ortho intramolecular Hbond substituents is 1. The quantitative estimate of drug-likeness (QED) is 0.149. The predicted molar refractivity (Wildman–Crippen MR) is 151 cm³/mol. The second-order valence-electron chi connectivity index (χ2n) is 10.3. The largest absolute Gasteiger partial charge is 0.508 e. The standard InChI is InChI=1S/C29H39N5O7/c1-17(2)14-24(29(40)41)34-28(39)23(16-19-8-10-20(35)11-9-19)33-27(38)22(12-13-25(31)36)32-26(37)21(30)15-18-6-4-3-5-7-18/h3-11,17,21-24,35H,12-16,30H2,1-2H3,(H2,31,36)(H,32,37)(H,33,38)(H,34,39)(H,40,41). The molecule has 0 aliphatic carbocycles. The van der Waals surface area contributed by atoms with Crippen molar-refractivity contribution in [2.75, 3.05) is 0 Å². The third kappa shape index (κ3) is 11.7. The zero-order valence-corrected chi connectivity index (χ0v) is 23.2. The SMILES string of the molecule is CC(C)CC(NC(=O)C(Cc1ccc(O)cc1)NC(=O)C(CCC(N)=O)NC(=O)C(N)Cc1ccccc1)C(=O)O. The number of carbonyl (C=O) groups is 5. The Bertz CT molecular complexity index is 1190. The number of carboxylic acids is 1. The molecule has 12 heteroatoms. The molecule has 9 N–H and O–H groups in total. The Morgan fingerprint density at radius 3 is 1.85 bits per heavy atom. The van der Waals surface area contributed by atoms with Crippen LogP contribution in [0.2, 0.25) is 0 Å². The van der Waals surface area contributed by atoms with Crippen LogP contribution in [0, 0.1) is 5.92 Å². The summed E-state index contributed by atoms with van der Waals surface area (Å²) in [5.74, 6) is -4.11. The maximum absolute atomic E-state index is 13.4. The van der Waals surface area contributed by atoms with Crippen LogP contribution in [0.25, 0.3) is 0 Å². The molecule has 12 nitrogen and oxygen atoms in total. The Balaban J connectivity index is 2.24. The molecule has 0 saturated carbocycles. The second kappa shape index (κ2) is 16.0. The number of rotatable bonds is 16. The molecule has 0 aliphatic rings. The second-order valence-corrected chi connectivity index (χ2v) is 10.3. The van der Waals surface area contributed by atoms with E-state index >= 15 is 0 Å². The Hall–Kier alpha value is -4.45. The number of carboxylic acid groups (broad SMARTS) is 1. The molecule has 2 aromatic carbocycles. The van der Waals surface area contributed by atoms with Gasteiger partial charge in [-0.1, -0.05) is 56.3 Å². The summed E-state index contributed by atoms with van der Waals surface area (Å²) in [7, 11) is 0. The number of aliphatic carboxylic acids is 1. The van der Waals surface area contributed by atoms with Gasteiger partial charge in [-0.25, -0.2) is 4.79 Å². The maximum atomic E-state index is 13.4. The molecule has 4 unspecified atom stereocenters. The maximum Gasteiger partial charge on any atom is 0.326 e. The van der Waals surface area contributed by atoms with E-state index in [2.05, 4.69) is 16.0 Å². The summed E-state index contributed by atoms with van der Waals surface area (Å²) < 4.78 is 0. The van der Waals surface area contributed by atoms with Crippen LogP contribution in [0.4, 0.5) is 0 Å². The minimum Gasteiger partial charge on any atom is -0.508 e. The lowest BCUT2D eigenvalue weighted by atomic mass is 10.0. The van der Waals surface area contributed by atoms with E-state index in [1.165, 1.54) is 12.1 Å². The average Bonchev–Trinajstić information content (AvgIpc) is 2.91. The van der Waals surface area contributed by atoms with Crippen LogP contribution in [-0.2, 0) is 36.8 Å². The fourth-order valence-electron chi connectivity index (χ4n) is 4.11. The fraction of sp³-hybridized carbons (Fsp3) is 0.414. The summed E-state index contributed by atoms with van der Waals surface area (Å²) in [4.78, 5) is 62.7. The number of primary amides is 1. The van der Waals surface area contributed by atoms with Crippen molar-refractivity contribution >= 4 is 29.6 Å². The minimum atomic E-state index is -1.25. The van der Waals surface area contributed by atoms with Crippen LogP contribution in [0.1, 0.15) is 44.2 Å². The van der Waals surface area contributed by atoms with Gasteiger partial charge in [0.25, 0.3) is 0 Å². The molecule has 0 aliphatic heterocycles. The summed E-state index contributed by atoms with van der Waals surface area (Å²) in [5, 5.41) is 26.8. The number of carbonyl (C=O) groups excluding carboxylic acids is 4. The van der Waals surface area contributed by atoms with E-state index in [9.17, 15) is 34.2 Å². The molecule has 0 saturated heterocycles. The predicted octanol–water partition coefficient (Wildman–Crippen LogP) is 0.355. The van der Waals surface area contributed by atoms with Gasteiger partial charge in [-0.2, -0.15) is 0 Å². The van der Waals surface area contributed by atoms with Crippen LogP contribution in [-0.4, -0.2) is 64.0 Å². The molecule has 2 rings (SSSR count). The zero-order chi connectivity index (χ0) is 30.5. The summed E-state index contributed by atoms with van der Waals surface area (Å²) >= 11 is 0. The first kappa shape index (κ1) is 32.8. The van der Waals surface area contributed by atoms with Gasteiger partial charge < -0.3 is 37.6 Å². The topological polar surface area (TPSA) is 214 Å². The molecule has 0 radical (unpaired) electrons. The van der Waals surface area contributed by atoms with Gasteiger partial charge in [-0.05, 0) is 48.4 Å². The van der Waals surface area contributed by atoms with Gasteiger partial charge >= 0.3 is 5.97 Å². The van der Waals surface area contributed by atoms with Crippen molar-refractivity contribution in [2.24, 2.45) is 17.4 Å².